The highest BCUT2D eigenvalue weighted by atomic mass is 16.7. The van der Waals surface area contributed by atoms with Crippen LogP contribution in [0, 0.1) is 27.9 Å². The van der Waals surface area contributed by atoms with Crippen LogP contribution in [0.5, 0.6) is 28.7 Å². The summed E-state index contributed by atoms with van der Waals surface area (Å²) in [7, 11) is 2.67. The van der Waals surface area contributed by atoms with Crippen LogP contribution in [-0.2, 0) is 94.1 Å². The molecule has 0 radical (unpaired) electrons. The van der Waals surface area contributed by atoms with Gasteiger partial charge in [0, 0.05) is 81.0 Å². The molecular formula is C89H120N10O33. The number of methoxy groups -OCH3 is 2. The van der Waals surface area contributed by atoms with Crippen molar-refractivity contribution in [2.75, 3.05) is 168 Å². The second-order valence-electron chi connectivity index (χ2n) is 32.5. The molecule has 2 fully saturated rings. The molecule has 0 bridgehead atoms. The Bertz CT molecular complexity index is 4690. The number of carbonyl (C=O) groups is 10. The second-order valence-corrected chi connectivity index (χ2v) is 32.5. The summed E-state index contributed by atoms with van der Waals surface area (Å²) >= 11 is 0. The molecule has 43 heteroatoms. The Kier molecular flexibility index (Phi) is 39.4. The SMILES string of the molecule is COc1cc2c(cc1OCCCOc1cc3c(cc1OC)C(=O)N1C=C(C)C[C@H]1[C@H](O)N3C(=O)OCc1ccc(O[C@@H]3OC[C@@H](O)[C@H](O)[C@H]3O)c([N+](=O)[O-])c1)N(C(=O)OCc1ccc(NC(=O)[C@H](C)NC(=O)[C@@H](NC(=O)CCOCCOCCOCCOCCOCCOCCOCCOCCNC(=O)CCN3C(=O)CC(C(C)C)C3=O)C(C)C)cc1)[C@@H](O)[C@@H]1CC(C)=CN1C2=O. The molecule has 10 rings (SSSR count). The fourth-order valence-corrected chi connectivity index (χ4v) is 14.9. The van der Waals surface area contributed by atoms with Crippen molar-refractivity contribution in [3.8, 4) is 28.7 Å². The van der Waals surface area contributed by atoms with Crippen molar-refractivity contribution >= 4 is 82.2 Å². The molecule has 9 N–H and O–H groups in total. The molecule has 6 aliphatic rings. The molecule has 0 saturated carbocycles. The van der Waals surface area contributed by atoms with Crippen molar-refractivity contribution in [3.63, 3.8) is 0 Å². The van der Waals surface area contributed by atoms with Crippen molar-refractivity contribution in [1.82, 2.24) is 30.7 Å². The molecule has 0 spiro atoms. The van der Waals surface area contributed by atoms with Crippen LogP contribution in [0.1, 0.15) is 119 Å². The first-order chi connectivity index (χ1) is 63.4. The fraction of sp³-hybridized carbons (Fsp3) is 0.573. The van der Waals surface area contributed by atoms with E-state index in [2.05, 4.69) is 21.3 Å². The summed E-state index contributed by atoms with van der Waals surface area (Å²) in [5.74, 6) is -4.30. The van der Waals surface area contributed by atoms with E-state index in [-0.39, 0.29) is 177 Å². The normalized spacial score (nSPS) is 20.3. The number of nitrogens with one attached hydrogen (secondary N) is 4. The minimum absolute atomic E-state index is 0.00375. The molecule has 724 valence electrons. The molecule has 1 unspecified atom stereocenters. The van der Waals surface area contributed by atoms with Crippen LogP contribution in [0.15, 0.2) is 90.3 Å². The maximum absolute atomic E-state index is 14.5. The Morgan fingerprint density at radius 1 is 0.538 bits per heavy atom. The van der Waals surface area contributed by atoms with Gasteiger partial charge in [0.1, 0.15) is 43.6 Å². The van der Waals surface area contributed by atoms with Crippen LogP contribution in [0.3, 0.4) is 0 Å². The number of anilines is 3. The third-order valence-corrected chi connectivity index (χ3v) is 22.1. The molecule has 11 atom stereocenters. The van der Waals surface area contributed by atoms with Gasteiger partial charge in [0.2, 0.25) is 41.7 Å². The van der Waals surface area contributed by atoms with Crippen molar-refractivity contribution in [1.29, 1.82) is 0 Å². The maximum Gasteiger partial charge on any atom is 0.416 e. The minimum Gasteiger partial charge on any atom is -0.493 e. The van der Waals surface area contributed by atoms with E-state index in [0.29, 0.717) is 109 Å². The van der Waals surface area contributed by atoms with E-state index in [1.165, 1.54) is 66.2 Å². The van der Waals surface area contributed by atoms with E-state index in [1.807, 2.05) is 13.8 Å². The number of amides is 10. The van der Waals surface area contributed by atoms with Gasteiger partial charge in [0.05, 0.1) is 179 Å². The third kappa shape index (κ3) is 28.1. The van der Waals surface area contributed by atoms with Gasteiger partial charge in [-0.25, -0.2) is 19.4 Å². The highest BCUT2D eigenvalue weighted by molar-refractivity contribution is 6.08. The van der Waals surface area contributed by atoms with E-state index < -0.39 is 127 Å². The van der Waals surface area contributed by atoms with Gasteiger partial charge in [0.25, 0.3) is 11.8 Å². The predicted octanol–water partition coefficient (Wildman–Crippen LogP) is 4.11. The van der Waals surface area contributed by atoms with Gasteiger partial charge in [-0.05, 0) is 86.9 Å². The number of benzene rings is 4. The first-order valence-electron chi connectivity index (χ1n) is 43.7. The monoisotopic (exact) mass is 1860 g/mol. The van der Waals surface area contributed by atoms with Crippen LogP contribution < -0.4 is 54.8 Å². The molecule has 6 aliphatic heterocycles. The number of imide groups is 1. The standard InChI is InChI=1S/C89H120N10O33/c1-52(2)60-44-76(103)94(82(60)108)20-17-74(101)90-19-24-120-26-28-122-30-32-124-34-36-126-38-37-125-35-33-123-31-29-121-27-25-119-23-18-75(102)93-77(53(3)4)81(107)91-56(7)80(106)92-59-14-11-57(12-15-59)49-130-88(113)97-63-45-72(70(117-8)42-61(63)83(109)95-47-54(5)39-66(95)85(97)111)127-21-10-22-128-73-46-64-62(43-71(73)118-9)84(110)96-48-55(6)40-67(96)86(112)98(64)89(114)131-50-58-13-16-69(65(41-58)99(115)116)132-87-79(105)78(104)68(100)51-129-87/h11-16,41-43,45-48,52-53,56,60,66-68,77-79,85-87,100,104-105,111-112H,10,17-40,44,49-51H2,1-9H3,(H,90,101)(H,91,107)(H,92,106)(H,93,102)/t56-,60?,66-,67-,68+,77-,78-,79+,85-,86-,87-/m0/s1. The number of nitro groups is 1. The lowest BCUT2D eigenvalue weighted by atomic mass is 9.94. The zero-order valence-electron chi connectivity index (χ0n) is 75.4. The van der Waals surface area contributed by atoms with E-state index in [4.69, 9.17) is 75.8 Å². The smallest absolute Gasteiger partial charge is 0.416 e. The number of likely N-dealkylation sites (tertiary alicyclic amines) is 1. The number of aliphatic hydroxyl groups is 5. The molecule has 132 heavy (non-hydrogen) atoms. The number of nitro benzene ring substituents is 1. The number of fused-ring (bicyclic) bond motifs is 4. The van der Waals surface area contributed by atoms with Crippen molar-refractivity contribution in [2.45, 2.75) is 161 Å². The summed E-state index contributed by atoms with van der Waals surface area (Å²) in [6.45, 7) is 16.2. The zero-order valence-corrected chi connectivity index (χ0v) is 75.4. The summed E-state index contributed by atoms with van der Waals surface area (Å²) in [5, 5.41) is 77.7. The van der Waals surface area contributed by atoms with Crippen molar-refractivity contribution in [2.24, 2.45) is 17.8 Å². The van der Waals surface area contributed by atoms with Crippen molar-refractivity contribution < 1.29 is 154 Å². The third-order valence-electron chi connectivity index (χ3n) is 22.1. The highest BCUT2D eigenvalue weighted by Crippen LogP contribution is 2.45. The number of carbonyl (C=O) groups excluding carboxylic acids is 10. The Morgan fingerprint density at radius 3 is 1.48 bits per heavy atom. The van der Waals surface area contributed by atoms with E-state index in [1.54, 1.807) is 64.4 Å². The molecule has 43 nitrogen and oxygen atoms in total. The van der Waals surface area contributed by atoms with Crippen molar-refractivity contribution in [3.05, 3.63) is 123 Å². The van der Waals surface area contributed by atoms with E-state index in [9.17, 15) is 83.6 Å². The molecule has 4 aromatic rings. The van der Waals surface area contributed by atoms with Crippen LogP contribution in [0.25, 0.3) is 0 Å². The van der Waals surface area contributed by atoms with Gasteiger partial charge in [-0.1, -0.05) is 57.0 Å². The summed E-state index contributed by atoms with van der Waals surface area (Å²) in [6, 6.07) is 11.2. The maximum atomic E-state index is 14.5. The lowest BCUT2D eigenvalue weighted by Crippen LogP contribution is -2.54. The quantitative estimate of drug-likeness (QED) is 0.0130. The molecule has 10 amide bonds. The molecule has 4 aromatic carbocycles. The first-order valence-corrected chi connectivity index (χ1v) is 43.7. The Balaban J connectivity index is 0.605. The van der Waals surface area contributed by atoms with Gasteiger partial charge in [-0.15, -0.1) is 0 Å². The highest BCUT2D eigenvalue weighted by Gasteiger charge is 2.49. The minimum atomic E-state index is -1.77. The average molecular weight is 1860 g/mol. The number of rotatable bonds is 52. The van der Waals surface area contributed by atoms with Crippen LogP contribution in [0.2, 0.25) is 0 Å². The van der Waals surface area contributed by atoms with Gasteiger partial charge < -0.3 is 132 Å². The van der Waals surface area contributed by atoms with Crippen LogP contribution in [0.4, 0.5) is 32.3 Å². The van der Waals surface area contributed by atoms with Gasteiger partial charge in [-0.3, -0.25) is 53.4 Å². The van der Waals surface area contributed by atoms with E-state index >= 15 is 0 Å². The summed E-state index contributed by atoms with van der Waals surface area (Å²) < 4.78 is 90.4. The Morgan fingerprint density at radius 2 is 1.02 bits per heavy atom. The lowest BCUT2D eigenvalue weighted by Gasteiger charge is -2.34. The fourth-order valence-electron chi connectivity index (χ4n) is 14.9. The number of hydrogen-bond acceptors (Lipinski definition) is 33. The van der Waals surface area contributed by atoms with Crippen LogP contribution in [-0.4, -0.2) is 319 Å². The summed E-state index contributed by atoms with van der Waals surface area (Å²) in [5.41, 5.74) is 1.33. The predicted molar refractivity (Wildman–Crippen MR) is 465 cm³/mol. The second kappa shape index (κ2) is 50.5. The zero-order chi connectivity index (χ0) is 95.2. The Labute approximate surface area is 762 Å². The van der Waals surface area contributed by atoms with Gasteiger partial charge in [-0.2, -0.15) is 0 Å². The van der Waals surface area contributed by atoms with Gasteiger partial charge >= 0.3 is 17.9 Å². The summed E-state index contributed by atoms with van der Waals surface area (Å²) in [6.07, 6.45) is -8.23. The topological polar surface area (TPSA) is 527 Å². The summed E-state index contributed by atoms with van der Waals surface area (Å²) in [4.78, 5) is 151. The largest absolute Gasteiger partial charge is 0.493 e. The molecule has 6 heterocycles. The number of nitrogens with zero attached hydrogens (tertiary/aromatic N) is 6. The van der Waals surface area contributed by atoms with E-state index in [0.717, 1.165) is 27.5 Å². The first kappa shape index (κ1) is 103. The molecule has 0 aromatic heterocycles. The molecule has 2 saturated heterocycles. The van der Waals surface area contributed by atoms with Crippen LogP contribution >= 0.6 is 0 Å². The number of aliphatic hydroxyl groups excluding tert-OH is 5. The number of ether oxygens (including phenoxy) is 16. The lowest BCUT2D eigenvalue weighted by molar-refractivity contribution is -0.386. The Hall–Kier alpha value is -11.3. The van der Waals surface area contributed by atoms with Gasteiger partial charge in [0.15, 0.2) is 41.2 Å². The average Bonchev–Trinajstić information content (AvgIpc) is 1.60. The molecule has 0 aliphatic carbocycles. The molecular weight excluding hydrogens is 1740 g/mol. The number of hydrogen-bond donors (Lipinski definition) is 9.